The highest BCUT2D eigenvalue weighted by atomic mass is 16.5. The highest BCUT2D eigenvalue weighted by molar-refractivity contribution is 5.83. The van der Waals surface area contributed by atoms with E-state index in [-0.39, 0.29) is 17.3 Å². The normalized spacial score (nSPS) is 25.4. The smallest absolute Gasteiger partial charge is 0.116 e. The van der Waals surface area contributed by atoms with Crippen molar-refractivity contribution in [3.05, 3.63) is 84.1 Å². The van der Waals surface area contributed by atoms with Crippen LogP contribution in [0.15, 0.2) is 67.4 Å². The predicted octanol–water partition coefficient (Wildman–Crippen LogP) is 6.39. The Kier molecular flexibility index (Phi) is 6.22. The number of hydrogen-bond acceptors (Lipinski definition) is 4. The molecule has 3 saturated heterocycles. The van der Waals surface area contributed by atoms with Gasteiger partial charge in [-0.1, -0.05) is 51.1 Å². The molecule has 4 heteroatoms. The van der Waals surface area contributed by atoms with Crippen molar-refractivity contribution in [2.45, 2.75) is 57.8 Å². The fourth-order valence-corrected chi connectivity index (χ4v) is 5.79. The third-order valence-electron chi connectivity index (χ3n) is 7.82. The minimum Gasteiger partial charge on any atom is -0.508 e. The van der Waals surface area contributed by atoms with E-state index in [1.54, 1.807) is 6.07 Å². The van der Waals surface area contributed by atoms with Crippen molar-refractivity contribution in [1.29, 1.82) is 0 Å². The Morgan fingerprint density at radius 1 is 1.18 bits per heavy atom. The first-order chi connectivity index (χ1) is 16.3. The van der Waals surface area contributed by atoms with Crippen LogP contribution in [-0.2, 0) is 16.8 Å². The second-order valence-electron chi connectivity index (χ2n) is 11.0. The zero-order valence-corrected chi connectivity index (χ0v) is 20.6. The van der Waals surface area contributed by atoms with Gasteiger partial charge in [0.25, 0.3) is 0 Å². The lowest BCUT2D eigenvalue weighted by atomic mass is 9.73. The van der Waals surface area contributed by atoms with Crippen molar-refractivity contribution in [3.8, 4) is 5.75 Å². The molecule has 3 aliphatic heterocycles. The summed E-state index contributed by atoms with van der Waals surface area (Å²) in [6.07, 6.45) is 6.24. The van der Waals surface area contributed by atoms with Crippen LogP contribution in [0, 0.1) is 11.8 Å². The molecule has 5 atom stereocenters. The fourth-order valence-electron chi connectivity index (χ4n) is 5.79. The Morgan fingerprint density at radius 3 is 2.65 bits per heavy atom. The summed E-state index contributed by atoms with van der Waals surface area (Å²) < 4.78 is 6.77. The number of ether oxygens (including phenoxy) is 1. The highest BCUT2D eigenvalue weighted by Gasteiger charge is 2.43. The number of benzene rings is 2. The zero-order valence-electron chi connectivity index (χ0n) is 20.6. The van der Waals surface area contributed by atoms with Crippen molar-refractivity contribution < 1.29 is 9.84 Å². The van der Waals surface area contributed by atoms with Gasteiger partial charge in [-0.2, -0.15) is 0 Å². The van der Waals surface area contributed by atoms with Crippen LogP contribution in [0.3, 0.4) is 0 Å². The summed E-state index contributed by atoms with van der Waals surface area (Å²) in [5, 5.41) is 11.2. The third kappa shape index (κ3) is 4.49. The van der Waals surface area contributed by atoms with Crippen molar-refractivity contribution in [2.24, 2.45) is 11.8 Å². The highest BCUT2D eigenvalue weighted by Crippen LogP contribution is 2.44. The standard InChI is InChI=1S/C30H36N2O2/c1-5-21-18-32-15-13-22(21)16-28(32)29(25-12-14-31-27-11-10-24(33)17-26(25)27)34-19-20-6-8-23(9-7-20)30(2,3)4/h5-12,14,17,21-22,28-29,33H,1,13,15-16,18-19H2,2-4H3/t21-,22-,28+,29-/m0/s1. The Balaban J connectivity index is 1.47. The zero-order chi connectivity index (χ0) is 23.9. The molecular formula is C30H36N2O2. The lowest BCUT2D eigenvalue weighted by Gasteiger charge is -2.51. The number of rotatable bonds is 6. The van der Waals surface area contributed by atoms with Crippen molar-refractivity contribution in [2.75, 3.05) is 13.1 Å². The fraction of sp³-hybridized carbons (Fsp3) is 0.433. The van der Waals surface area contributed by atoms with E-state index in [1.807, 2.05) is 18.3 Å². The first kappa shape index (κ1) is 23.1. The van der Waals surface area contributed by atoms with Gasteiger partial charge in [0.15, 0.2) is 0 Å². The van der Waals surface area contributed by atoms with Gasteiger partial charge in [-0.3, -0.25) is 9.88 Å². The molecule has 2 aromatic carbocycles. The summed E-state index contributed by atoms with van der Waals surface area (Å²) in [5.41, 5.74) is 4.64. The van der Waals surface area contributed by atoms with Crippen LogP contribution < -0.4 is 0 Å². The third-order valence-corrected chi connectivity index (χ3v) is 7.82. The molecule has 1 aromatic heterocycles. The van der Waals surface area contributed by atoms with Gasteiger partial charge in [0.1, 0.15) is 5.75 Å². The lowest BCUT2D eigenvalue weighted by molar-refractivity contribution is -0.0803. The molecule has 0 radical (unpaired) electrons. The van der Waals surface area contributed by atoms with Gasteiger partial charge in [-0.15, -0.1) is 6.58 Å². The van der Waals surface area contributed by atoms with Crippen LogP contribution in [0.5, 0.6) is 5.75 Å². The van der Waals surface area contributed by atoms with E-state index >= 15 is 0 Å². The molecule has 3 aromatic rings. The Bertz CT molecular complexity index is 1160. The summed E-state index contributed by atoms with van der Waals surface area (Å²) in [4.78, 5) is 7.13. The molecular weight excluding hydrogens is 420 g/mol. The first-order valence-electron chi connectivity index (χ1n) is 12.5. The summed E-state index contributed by atoms with van der Waals surface area (Å²) >= 11 is 0. The van der Waals surface area contributed by atoms with E-state index in [4.69, 9.17) is 4.74 Å². The van der Waals surface area contributed by atoms with Crippen molar-refractivity contribution in [3.63, 3.8) is 0 Å². The molecule has 0 saturated carbocycles. The number of fused-ring (bicyclic) bond motifs is 4. The topological polar surface area (TPSA) is 45.6 Å². The molecule has 0 amide bonds. The monoisotopic (exact) mass is 456 g/mol. The van der Waals surface area contributed by atoms with Crippen LogP contribution in [0.25, 0.3) is 10.9 Å². The molecule has 0 aliphatic carbocycles. The van der Waals surface area contributed by atoms with Gasteiger partial charge in [0.05, 0.1) is 18.2 Å². The molecule has 3 fully saturated rings. The maximum Gasteiger partial charge on any atom is 0.116 e. The Hall–Kier alpha value is -2.69. The van der Waals surface area contributed by atoms with E-state index in [1.165, 1.54) is 17.5 Å². The van der Waals surface area contributed by atoms with Gasteiger partial charge in [0, 0.05) is 24.2 Å². The number of pyridine rings is 1. The van der Waals surface area contributed by atoms with E-state index in [2.05, 4.69) is 73.6 Å². The van der Waals surface area contributed by atoms with Gasteiger partial charge in [0.2, 0.25) is 0 Å². The van der Waals surface area contributed by atoms with Crippen LogP contribution >= 0.6 is 0 Å². The molecule has 34 heavy (non-hydrogen) atoms. The van der Waals surface area contributed by atoms with Crippen LogP contribution in [0.1, 0.15) is 56.4 Å². The van der Waals surface area contributed by atoms with Gasteiger partial charge in [-0.25, -0.2) is 0 Å². The van der Waals surface area contributed by atoms with E-state index < -0.39 is 0 Å². The quantitative estimate of drug-likeness (QED) is 0.437. The van der Waals surface area contributed by atoms with Gasteiger partial charge < -0.3 is 9.84 Å². The molecule has 1 unspecified atom stereocenters. The van der Waals surface area contributed by atoms with Crippen molar-refractivity contribution >= 4 is 10.9 Å². The number of hydrogen-bond donors (Lipinski definition) is 1. The number of phenolic OH excluding ortho intramolecular Hbond substituents is 1. The van der Waals surface area contributed by atoms with E-state index in [0.717, 1.165) is 36.0 Å². The molecule has 4 heterocycles. The summed E-state index contributed by atoms with van der Waals surface area (Å²) in [6.45, 7) is 13.5. The first-order valence-corrected chi connectivity index (χ1v) is 12.5. The maximum absolute atomic E-state index is 10.2. The van der Waals surface area contributed by atoms with Crippen LogP contribution in [-0.4, -0.2) is 34.1 Å². The molecule has 178 valence electrons. The van der Waals surface area contributed by atoms with E-state index in [0.29, 0.717) is 24.5 Å². The summed E-state index contributed by atoms with van der Waals surface area (Å²) in [5.74, 6) is 1.48. The minimum absolute atomic E-state index is 0.0943. The number of nitrogens with zero attached hydrogens (tertiary/aromatic N) is 2. The molecule has 0 spiro atoms. The summed E-state index contributed by atoms with van der Waals surface area (Å²) in [6, 6.07) is 16.6. The Morgan fingerprint density at radius 2 is 1.97 bits per heavy atom. The molecule has 6 rings (SSSR count). The van der Waals surface area contributed by atoms with Gasteiger partial charge in [-0.05, 0) is 77.6 Å². The molecule has 2 bridgehead atoms. The second kappa shape index (κ2) is 9.16. The second-order valence-corrected chi connectivity index (χ2v) is 11.0. The molecule has 1 N–H and O–H groups in total. The number of aromatic hydroxyl groups is 1. The maximum atomic E-state index is 10.2. The number of phenols is 1. The predicted molar refractivity (Wildman–Crippen MR) is 138 cm³/mol. The largest absolute Gasteiger partial charge is 0.508 e. The average Bonchev–Trinajstić information content (AvgIpc) is 2.84. The lowest BCUT2D eigenvalue weighted by Crippen LogP contribution is -2.55. The molecule has 4 nitrogen and oxygen atoms in total. The minimum atomic E-state index is -0.0943. The van der Waals surface area contributed by atoms with Crippen molar-refractivity contribution in [1.82, 2.24) is 9.88 Å². The summed E-state index contributed by atoms with van der Waals surface area (Å²) in [7, 11) is 0. The SMILES string of the molecule is C=C[C@H]1CN2CC[C@H]1C[C@@H]2[C@@H](OCc1ccc(C(C)(C)C)cc1)c1ccnc2ccc(O)cc12. The number of aromatic nitrogens is 1. The average molecular weight is 457 g/mol. The van der Waals surface area contributed by atoms with Crippen LogP contribution in [0.2, 0.25) is 0 Å². The van der Waals surface area contributed by atoms with E-state index in [9.17, 15) is 5.11 Å². The number of piperidine rings is 3. The molecule has 3 aliphatic rings. The Labute approximate surface area is 203 Å². The van der Waals surface area contributed by atoms with Crippen LogP contribution in [0.4, 0.5) is 0 Å². The van der Waals surface area contributed by atoms with Gasteiger partial charge >= 0.3 is 0 Å².